The number of nitro groups is 1. The molecule has 0 spiro atoms. The first-order valence-corrected chi connectivity index (χ1v) is 8.77. The Morgan fingerprint density at radius 3 is 2.07 bits per heavy atom. The van der Waals surface area contributed by atoms with Crippen molar-refractivity contribution in [1.29, 1.82) is 0 Å². The van der Waals surface area contributed by atoms with Crippen molar-refractivity contribution in [2.75, 3.05) is 0 Å². The highest BCUT2D eigenvalue weighted by Gasteiger charge is 2.16. The van der Waals surface area contributed by atoms with Crippen molar-refractivity contribution in [2.24, 2.45) is 4.99 Å². The van der Waals surface area contributed by atoms with Crippen LogP contribution >= 0.6 is 0 Å². The van der Waals surface area contributed by atoms with Gasteiger partial charge in [-0.05, 0) is 50.2 Å². The first-order valence-electron chi connectivity index (χ1n) is 8.77. The molecule has 0 aliphatic carbocycles. The van der Waals surface area contributed by atoms with Crippen LogP contribution < -0.4 is 0 Å². The Bertz CT molecular complexity index is 1160. The van der Waals surface area contributed by atoms with Gasteiger partial charge in [-0.3, -0.25) is 15.1 Å². The molecule has 1 heterocycles. The van der Waals surface area contributed by atoms with Crippen molar-refractivity contribution in [3.63, 3.8) is 0 Å². The Morgan fingerprint density at radius 1 is 1.00 bits per heavy atom. The minimum absolute atomic E-state index is 0.0281. The van der Waals surface area contributed by atoms with Crippen molar-refractivity contribution < 1.29 is 24.7 Å². The van der Waals surface area contributed by atoms with E-state index in [0.717, 1.165) is 23.0 Å². The number of aliphatic imine (C=N–C) groups is 1. The SMILES string of the molecule is Cc1cc(C=Nc2ccc([N+](=O)[O-])cc2)c(C)n1-c1cc(C(=O)O)cc(C(=O)O)c1. The molecular formula is C21H17N3O6. The van der Waals surface area contributed by atoms with E-state index in [1.807, 2.05) is 13.0 Å². The van der Waals surface area contributed by atoms with E-state index in [9.17, 15) is 29.9 Å². The summed E-state index contributed by atoms with van der Waals surface area (Å²) in [6.07, 6.45) is 1.60. The number of aryl methyl sites for hydroxylation is 1. The summed E-state index contributed by atoms with van der Waals surface area (Å²) in [6.45, 7) is 3.61. The zero-order chi connectivity index (χ0) is 22.0. The highest BCUT2D eigenvalue weighted by atomic mass is 16.6. The zero-order valence-electron chi connectivity index (χ0n) is 16.1. The molecule has 0 radical (unpaired) electrons. The number of rotatable bonds is 6. The quantitative estimate of drug-likeness (QED) is 0.358. The molecule has 1 aromatic heterocycles. The summed E-state index contributed by atoms with van der Waals surface area (Å²) < 4.78 is 1.75. The molecule has 0 aliphatic heterocycles. The van der Waals surface area contributed by atoms with Crippen LogP contribution in [0, 0.1) is 24.0 Å². The Labute approximate surface area is 170 Å². The number of aromatic nitrogens is 1. The number of hydrogen-bond acceptors (Lipinski definition) is 5. The summed E-state index contributed by atoms with van der Waals surface area (Å²) in [5.41, 5.74) is 2.90. The number of benzene rings is 2. The molecule has 9 heteroatoms. The van der Waals surface area contributed by atoms with Crippen molar-refractivity contribution in [2.45, 2.75) is 13.8 Å². The van der Waals surface area contributed by atoms with Gasteiger partial charge >= 0.3 is 11.9 Å². The fourth-order valence-electron chi connectivity index (χ4n) is 3.11. The van der Waals surface area contributed by atoms with E-state index >= 15 is 0 Å². The molecule has 0 bridgehead atoms. The molecule has 0 saturated carbocycles. The Hall–Kier alpha value is -4.27. The smallest absolute Gasteiger partial charge is 0.335 e. The third-order valence-corrected chi connectivity index (χ3v) is 4.55. The van der Waals surface area contributed by atoms with Gasteiger partial charge in [0.1, 0.15) is 0 Å². The molecule has 2 N–H and O–H groups in total. The van der Waals surface area contributed by atoms with Gasteiger partial charge in [-0.25, -0.2) is 9.59 Å². The van der Waals surface area contributed by atoms with Gasteiger partial charge in [0.2, 0.25) is 0 Å². The molecule has 0 aliphatic rings. The van der Waals surface area contributed by atoms with Crippen molar-refractivity contribution in [1.82, 2.24) is 4.57 Å². The van der Waals surface area contributed by atoms with E-state index in [-0.39, 0.29) is 16.8 Å². The Balaban J connectivity index is 2.01. The fourth-order valence-corrected chi connectivity index (χ4v) is 3.11. The molecule has 3 aromatic rings. The van der Waals surface area contributed by atoms with Crippen LogP contribution in [-0.4, -0.2) is 37.9 Å². The van der Waals surface area contributed by atoms with Crippen LogP contribution in [0.3, 0.4) is 0 Å². The van der Waals surface area contributed by atoms with Gasteiger partial charge in [-0.2, -0.15) is 0 Å². The second-order valence-electron chi connectivity index (χ2n) is 6.57. The third-order valence-electron chi connectivity index (χ3n) is 4.55. The highest BCUT2D eigenvalue weighted by Crippen LogP contribution is 2.24. The van der Waals surface area contributed by atoms with Crippen LogP contribution in [0.5, 0.6) is 0 Å². The highest BCUT2D eigenvalue weighted by molar-refractivity contribution is 5.95. The second kappa shape index (κ2) is 8.00. The maximum atomic E-state index is 11.4. The maximum Gasteiger partial charge on any atom is 0.335 e. The lowest BCUT2D eigenvalue weighted by Gasteiger charge is -2.12. The molecule has 2 aromatic carbocycles. The summed E-state index contributed by atoms with van der Waals surface area (Å²) in [5.74, 6) is -2.44. The molecule has 0 amide bonds. The number of aromatic carboxylic acids is 2. The zero-order valence-corrected chi connectivity index (χ0v) is 16.1. The van der Waals surface area contributed by atoms with Crippen LogP contribution in [0.25, 0.3) is 5.69 Å². The van der Waals surface area contributed by atoms with Crippen LogP contribution in [0.15, 0.2) is 53.5 Å². The van der Waals surface area contributed by atoms with E-state index in [0.29, 0.717) is 11.4 Å². The summed E-state index contributed by atoms with van der Waals surface area (Å²) >= 11 is 0. The Morgan fingerprint density at radius 2 is 1.57 bits per heavy atom. The van der Waals surface area contributed by atoms with Crippen molar-refractivity contribution >= 4 is 29.5 Å². The lowest BCUT2D eigenvalue weighted by Crippen LogP contribution is -2.07. The molecule has 0 fully saturated rings. The number of carboxylic acid groups (broad SMARTS) is 2. The predicted molar refractivity (Wildman–Crippen MR) is 110 cm³/mol. The molecule has 0 unspecified atom stereocenters. The molecule has 3 rings (SSSR count). The number of nitro benzene ring substituents is 1. The van der Waals surface area contributed by atoms with Crippen molar-refractivity contribution in [3.8, 4) is 5.69 Å². The number of non-ortho nitro benzene ring substituents is 1. The lowest BCUT2D eigenvalue weighted by atomic mass is 10.1. The molecular weight excluding hydrogens is 390 g/mol. The fraction of sp³-hybridized carbons (Fsp3) is 0.0952. The molecule has 0 atom stereocenters. The van der Waals surface area contributed by atoms with Crippen LogP contribution in [-0.2, 0) is 0 Å². The van der Waals surface area contributed by atoms with Gasteiger partial charge in [0, 0.05) is 41.0 Å². The molecule has 9 nitrogen and oxygen atoms in total. The van der Waals surface area contributed by atoms with E-state index in [1.54, 1.807) is 17.7 Å². The first-order chi connectivity index (χ1) is 14.2. The van der Waals surface area contributed by atoms with Gasteiger partial charge < -0.3 is 14.8 Å². The van der Waals surface area contributed by atoms with Gasteiger partial charge in [0.25, 0.3) is 5.69 Å². The average Bonchev–Trinajstić information content (AvgIpc) is 2.99. The number of carbonyl (C=O) groups is 2. The summed E-state index contributed by atoms with van der Waals surface area (Å²) in [7, 11) is 0. The second-order valence-corrected chi connectivity index (χ2v) is 6.57. The minimum atomic E-state index is -1.22. The van der Waals surface area contributed by atoms with Crippen LogP contribution in [0.1, 0.15) is 37.7 Å². The number of nitrogens with zero attached hydrogens (tertiary/aromatic N) is 3. The molecule has 152 valence electrons. The summed E-state index contributed by atoms with van der Waals surface area (Å²) in [4.78, 5) is 37.4. The van der Waals surface area contributed by atoms with E-state index in [2.05, 4.69) is 4.99 Å². The lowest BCUT2D eigenvalue weighted by molar-refractivity contribution is -0.384. The van der Waals surface area contributed by atoms with Crippen molar-refractivity contribution in [3.05, 3.63) is 86.7 Å². The maximum absolute atomic E-state index is 11.4. The number of carboxylic acids is 2. The average molecular weight is 407 g/mol. The van der Waals surface area contributed by atoms with E-state index in [1.165, 1.54) is 36.4 Å². The largest absolute Gasteiger partial charge is 0.478 e. The number of hydrogen-bond donors (Lipinski definition) is 2. The summed E-state index contributed by atoms with van der Waals surface area (Å²) in [6, 6.07) is 11.5. The van der Waals surface area contributed by atoms with Gasteiger partial charge in [0.05, 0.1) is 21.7 Å². The van der Waals surface area contributed by atoms with Crippen LogP contribution in [0.2, 0.25) is 0 Å². The standard InChI is InChI=1S/C21H17N3O6/c1-12-7-16(11-22-17-3-5-18(6-4-17)24(29)30)13(2)23(12)19-9-14(20(25)26)8-15(10-19)21(27)28/h3-11H,1-2H3,(H,25,26)(H,27,28). The normalized spacial score (nSPS) is 11.0. The predicted octanol–water partition coefficient (Wildman–Crippen LogP) is 4.15. The molecule has 30 heavy (non-hydrogen) atoms. The Kier molecular flexibility index (Phi) is 5.45. The molecule has 0 saturated heterocycles. The topological polar surface area (TPSA) is 135 Å². The van der Waals surface area contributed by atoms with E-state index in [4.69, 9.17) is 0 Å². The van der Waals surface area contributed by atoms with E-state index < -0.39 is 16.9 Å². The van der Waals surface area contributed by atoms with Gasteiger partial charge in [0.15, 0.2) is 0 Å². The van der Waals surface area contributed by atoms with Gasteiger partial charge in [-0.15, -0.1) is 0 Å². The summed E-state index contributed by atoms with van der Waals surface area (Å²) in [5, 5.41) is 29.3. The van der Waals surface area contributed by atoms with Crippen LogP contribution in [0.4, 0.5) is 11.4 Å². The third kappa shape index (κ3) is 4.09. The first kappa shape index (κ1) is 20.5. The monoisotopic (exact) mass is 407 g/mol. The minimum Gasteiger partial charge on any atom is -0.478 e. The van der Waals surface area contributed by atoms with Gasteiger partial charge in [-0.1, -0.05) is 0 Å².